The molecule has 0 saturated heterocycles. The largest absolute Gasteiger partial charge is 0.114 e. The molecule has 11 heavy (non-hydrogen) atoms. The zero-order valence-electron chi connectivity index (χ0n) is 5.64. The minimum Gasteiger partial charge on any atom is -0.114 e. The minimum atomic E-state index is -1.79. The summed E-state index contributed by atoms with van der Waals surface area (Å²) in [6.07, 6.45) is 0. The second kappa shape index (κ2) is 3.90. The molecule has 1 aromatic carbocycles. The fourth-order valence-corrected chi connectivity index (χ4v) is 2.36. The van der Waals surface area contributed by atoms with E-state index in [0.29, 0.717) is 0 Å². The van der Waals surface area contributed by atoms with Gasteiger partial charge in [0.1, 0.15) is 0 Å². The first kappa shape index (κ1) is 9.53. The molecule has 62 valence electrons. The van der Waals surface area contributed by atoms with E-state index >= 15 is 0 Å². The molecule has 0 aliphatic rings. The molecular weight excluding hydrogens is 223 g/mol. The van der Waals surface area contributed by atoms with Gasteiger partial charge in [0.25, 0.3) is 0 Å². The monoisotopic (exact) mass is 228 g/mol. The molecule has 4 heteroatoms. The third kappa shape index (κ3) is 2.45. The van der Waals surface area contributed by atoms with E-state index in [-0.39, 0.29) is 5.21 Å². The summed E-state index contributed by atoms with van der Waals surface area (Å²) in [4.78, 5) is 0.915. The standard InChI is InChI=1S/C7H7Cl3S/c8-6-11(9,10)7-4-2-1-3-5-7/h1-5H,6H2. The molecule has 0 saturated carbocycles. The SMILES string of the molecule is ClCS(Cl)(Cl)c1ccccc1. The van der Waals surface area contributed by atoms with Crippen molar-refractivity contribution in [1.82, 2.24) is 0 Å². The van der Waals surface area contributed by atoms with Gasteiger partial charge in [0.15, 0.2) is 0 Å². The van der Waals surface area contributed by atoms with Gasteiger partial charge < -0.3 is 0 Å². The van der Waals surface area contributed by atoms with Gasteiger partial charge in [-0.25, -0.2) is 0 Å². The predicted octanol–water partition coefficient (Wildman–Crippen LogP) is 4.35. The lowest BCUT2D eigenvalue weighted by Gasteiger charge is -2.21. The Morgan fingerprint density at radius 1 is 1.09 bits per heavy atom. The van der Waals surface area contributed by atoms with Crippen molar-refractivity contribution in [2.24, 2.45) is 0 Å². The van der Waals surface area contributed by atoms with E-state index < -0.39 is 8.46 Å². The number of hydrogen-bond donors (Lipinski definition) is 0. The van der Waals surface area contributed by atoms with Gasteiger partial charge in [-0.15, -0.1) is 11.6 Å². The van der Waals surface area contributed by atoms with Crippen LogP contribution in [0.4, 0.5) is 0 Å². The van der Waals surface area contributed by atoms with Crippen molar-refractivity contribution >= 4 is 41.4 Å². The van der Waals surface area contributed by atoms with Crippen LogP contribution in [-0.2, 0) is 0 Å². The molecule has 0 bridgehead atoms. The first-order chi connectivity index (χ1) is 5.17. The summed E-state index contributed by atoms with van der Waals surface area (Å²) in [5, 5.41) is 0.278. The molecule has 1 rings (SSSR count). The van der Waals surface area contributed by atoms with Crippen molar-refractivity contribution in [3.05, 3.63) is 30.3 Å². The van der Waals surface area contributed by atoms with Gasteiger partial charge in [-0.1, -0.05) is 18.2 Å². The van der Waals surface area contributed by atoms with Crippen LogP contribution in [0.3, 0.4) is 0 Å². The molecule has 0 spiro atoms. The van der Waals surface area contributed by atoms with E-state index in [1.54, 1.807) is 0 Å². The van der Waals surface area contributed by atoms with Crippen molar-refractivity contribution in [3.8, 4) is 0 Å². The van der Waals surface area contributed by atoms with Gasteiger partial charge in [-0.2, -0.15) is 0 Å². The average Bonchev–Trinajstić information content (AvgIpc) is 2.06. The Labute approximate surface area is 81.8 Å². The molecule has 0 unspecified atom stereocenters. The molecule has 0 aliphatic heterocycles. The Hall–Kier alpha value is 0.440. The van der Waals surface area contributed by atoms with Crippen LogP contribution in [-0.4, -0.2) is 5.21 Å². The molecule has 0 radical (unpaired) electrons. The average molecular weight is 230 g/mol. The maximum atomic E-state index is 5.96. The minimum absolute atomic E-state index is 0.278. The lowest BCUT2D eigenvalue weighted by atomic mass is 10.4. The Morgan fingerprint density at radius 3 is 2.09 bits per heavy atom. The lowest BCUT2D eigenvalue weighted by molar-refractivity contribution is 1.46. The number of halogens is 3. The normalized spacial score (nSPS) is 13.0. The summed E-state index contributed by atoms with van der Waals surface area (Å²) < 4.78 is 0. The van der Waals surface area contributed by atoms with Gasteiger partial charge in [0.2, 0.25) is 0 Å². The van der Waals surface area contributed by atoms with Gasteiger partial charge in [-0.05, 0) is 42.0 Å². The van der Waals surface area contributed by atoms with E-state index in [4.69, 9.17) is 33.0 Å². The zero-order valence-corrected chi connectivity index (χ0v) is 8.72. The van der Waals surface area contributed by atoms with E-state index in [1.165, 1.54) is 0 Å². The van der Waals surface area contributed by atoms with Crippen molar-refractivity contribution < 1.29 is 0 Å². The van der Waals surface area contributed by atoms with E-state index in [2.05, 4.69) is 0 Å². The topological polar surface area (TPSA) is 0 Å². The van der Waals surface area contributed by atoms with E-state index in [0.717, 1.165) is 4.90 Å². The molecule has 0 fully saturated rings. The van der Waals surface area contributed by atoms with Crippen LogP contribution in [0.1, 0.15) is 0 Å². The highest BCUT2D eigenvalue weighted by Gasteiger charge is 2.18. The zero-order chi connectivity index (χ0) is 8.32. The van der Waals surface area contributed by atoms with E-state index in [1.807, 2.05) is 30.3 Å². The van der Waals surface area contributed by atoms with Crippen molar-refractivity contribution in [3.63, 3.8) is 0 Å². The fourth-order valence-electron chi connectivity index (χ4n) is 0.683. The maximum Gasteiger partial charge on any atom is 0.0818 e. The second-order valence-electron chi connectivity index (χ2n) is 2.00. The van der Waals surface area contributed by atoms with Crippen LogP contribution < -0.4 is 0 Å². The Morgan fingerprint density at radius 2 is 1.64 bits per heavy atom. The third-order valence-electron chi connectivity index (χ3n) is 1.23. The number of alkyl halides is 1. The summed E-state index contributed by atoms with van der Waals surface area (Å²) in [6.45, 7) is 0. The van der Waals surface area contributed by atoms with Crippen molar-refractivity contribution in [1.29, 1.82) is 0 Å². The molecule has 0 N–H and O–H groups in total. The first-order valence-corrected chi connectivity index (χ1v) is 6.97. The fraction of sp³-hybridized carbons (Fsp3) is 0.143. The number of rotatable bonds is 2. The highest BCUT2D eigenvalue weighted by molar-refractivity contribution is 8.66. The highest BCUT2D eigenvalue weighted by atomic mass is 36.0. The van der Waals surface area contributed by atoms with Crippen LogP contribution in [0.25, 0.3) is 0 Å². The summed E-state index contributed by atoms with van der Waals surface area (Å²) >= 11 is 5.60. The Kier molecular flexibility index (Phi) is 3.38. The highest BCUT2D eigenvalue weighted by Crippen LogP contribution is 2.65. The van der Waals surface area contributed by atoms with Crippen LogP contribution in [0.5, 0.6) is 0 Å². The maximum absolute atomic E-state index is 5.96. The van der Waals surface area contributed by atoms with Gasteiger partial charge in [0.05, 0.1) is 5.21 Å². The predicted molar refractivity (Wildman–Crippen MR) is 54.7 cm³/mol. The molecule has 0 amide bonds. The molecule has 0 nitrogen and oxygen atoms in total. The first-order valence-electron chi connectivity index (χ1n) is 2.98. The van der Waals surface area contributed by atoms with Crippen LogP contribution in [0.2, 0.25) is 0 Å². The Bertz CT molecular complexity index is 222. The smallest absolute Gasteiger partial charge is 0.0818 e. The summed E-state index contributed by atoms with van der Waals surface area (Å²) in [5.74, 6) is 0. The molecular formula is C7H7Cl3S. The molecule has 1 aromatic rings. The van der Waals surface area contributed by atoms with E-state index in [9.17, 15) is 0 Å². The summed E-state index contributed by atoms with van der Waals surface area (Å²) in [7, 11) is 10.1. The van der Waals surface area contributed by atoms with Crippen molar-refractivity contribution in [2.45, 2.75) is 4.90 Å². The molecule has 0 aliphatic carbocycles. The van der Waals surface area contributed by atoms with Crippen LogP contribution >= 0.6 is 41.4 Å². The van der Waals surface area contributed by atoms with Gasteiger partial charge >= 0.3 is 0 Å². The molecule has 0 heterocycles. The van der Waals surface area contributed by atoms with Gasteiger partial charge in [-0.3, -0.25) is 0 Å². The Balaban J connectivity index is 2.93. The second-order valence-corrected chi connectivity index (χ2v) is 8.13. The number of hydrogen-bond acceptors (Lipinski definition) is 0. The molecule has 0 aromatic heterocycles. The summed E-state index contributed by atoms with van der Waals surface area (Å²) in [6, 6.07) is 9.49. The summed E-state index contributed by atoms with van der Waals surface area (Å²) in [5.41, 5.74) is 0. The van der Waals surface area contributed by atoms with Gasteiger partial charge in [0, 0.05) is 4.90 Å². The van der Waals surface area contributed by atoms with Crippen LogP contribution in [0, 0.1) is 0 Å². The third-order valence-corrected chi connectivity index (χ3v) is 5.84. The van der Waals surface area contributed by atoms with Crippen LogP contribution in [0.15, 0.2) is 35.2 Å². The molecule has 0 atom stereocenters. The quantitative estimate of drug-likeness (QED) is 0.661. The van der Waals surface area contributed by atoms with Crippen molar-refractivity contribution in [2.75, 3.05) is 5.21 Å². The lowest BCUT2D eigenvalue weighted by Crippen LogP contribution is -1.83. The number of benzene rings is 1.